The van der Waals surface area contributed by atoms with Gasteiger partial charge in [-0.05, 0) is 50.8 Å². The van der Waals surface area contributed by atoms with Crippen LogP contribution in [-0.4, -0.2) is 31.3 Å². The van der Waals surface area contributed by atoms with Crippen LogP contribution in [0.3, 0.4) is 0 Å². The third-order valence-corrected chi connectivity index (χ3v) is 3.32. The van der Waals surface area contributed by atoms with Crippen LogP contribution in [0.2, 0.25) is 0 Å². The van der Waals surface area contributed by atoms with Crippen molar-refractivity contribution in [3.05, 3.63) is 23.8 Å². The Morgan fingerprint density at radius 2 is 2.05 bits per heavy atom. The SMILES string of the molecule is COc1cc(CCCC2NC(=O)OC2=O)ccc1OC(C)C. The number of amides is 1. The van der Waals surface area contributed by atoms with Crippen molar-refractivity contribution in [1.82, 2.24) is 5.32 Å². The number of aryl methyl sites for hydroxylation is 1. The van der Waals surface area contributed by atoms with Crippen molar-refractivity contribution in [3.63, 3.8) is 0 Å². The molecule has 6 heteroatoms. The summed E-state index contributed by atoms with van der Waals surface area (Å²) in [4.78, 5) is 22.3. The van der Waals surface area contributed by atoms with Crippen LogP contribution in [0.4, 0.5) is 4.79 Å². The molecule has 0 bridgehead atoms. The second-order valence-electron chi connectivity index (χ2n) is 5.45. The van der Waals surface area contributed by atoms with Gasteiger partial charge in [0.2, 0.25) is 0 Å². The van der Waals surface area contributed by atoms with E-state index in [9.17, 15) is 9.59 Å². The first kappa shape index (κ1) is 16.1. The molecule has 1 aromatic rings. The number of cyclic esters (lactones) is 2. The minimum Gasteiger partial charge on any atom is -0.493 e. The lowest BCUT2D eigenvalue weighted by Crippen LogP contribution is -2.28. The molecule has 22 heavy (non-hydrogen) atoms. The predicted octanol–water partition coefficient (Wildman–Crippen LogP) is 2.44. The molecule has 0 saturated carbocycles. The molecular formula is C16H21NO5. The summed E-state index contributed by atoms with van der Waals surface area (Å²) in [6, 6.07) is 5.27. The van der Waals surface area contributed by atoms with Gasteiger partial charge in [0.05, 0.1) is 13.2 Å². The zero-order valence-electron chi connectivity index (χ0n) is 13.0. The summed E-state index contributed by atoms with van der Waals surface area (Å²) < 4.78 is 15.5. The molecule has 2 rings (SSSR count). The molecule has 0 aliphatic carbocycles. The smallest absolute Gasteiger partial charge is 0.415 e. The molecule has 1 amide bonds. The second-order valence-corrected chi connectivity index (χ2v) is 5.45. The second kappa shape index (κ2) is 7.15. The number of esters is 1. The molecule has 1 unspecified atom stereocenters. The summed E-state index contributed by atoms with van der Waals surface area (Å²) in [5, 5.41) is 2.49. The average Bonchev–Trinajstić information content (AvgIpc) is 2.78. The first-order valence-corrected chi connectivity index (χ1v) is 7.35. The van der Waals surface area contributed by atoms with Crippen LogP contribution < -0.4 is 14.8 Å². The van der Waals surface area contributed by atoms with E-state index in [4.69, 9.17) is 9.47 Å². The highest BCUT2D eigenvalue weighted by atomic mass is 16.6. The van der Waals surface area contributed by atoms with E-state index in [1.54, 1.807) is 7.11 Å². The van der Waals surface area contributed by atoms with Crippen LogP contribution >= 0.6 is 0 Å². The van der Waals surface area contributed by atoms with Crippen molar-refractivity contribution >= 4 is 12.1 Å². The van der Waals surface area contributed by atoms with Gasteiger partial charge in [0.15, 0.2) is 11.5 Å². The Bertz CT molecular complexity index is 555. The van der Waals surface area contributed by atoms with Gasteiger partial charge in [-0.2, -0.15) is 0 Å². The van der Waals surface area contributed by atoms with Crippen molar-refractivity contribution in [2.24, 2.45) is 0 Å². The number of benzene rings is 1. The fourth-order valence-corrected chi connectivity index (χ4v) is 2.31. The molecule has 0 spiro atoms. The summed E-state index contributed by atoms with van der Waals surface area (Å²) in [6.07, 6.45) is 1.51. The predicted molar refractivity (Wildman–Crippen MR) is 80.1 cm³/mol. The van der Waals surface area contributed by atoms with Crippen molar-refractivity contribution in [3.8, 4) is 11.5 Å². The van der Waals surface area contributed by atoms with Gasteiger partial charge < -0.3 is 19.5 Å². The molecule has 1 aliphatic heterocycles. The summed E-state index contributed by atoms with van der Waals surface area (Å²) in [7, 11) is 1.61. The maximum Gasteiger partial charge on any atom is 0.415 e. The molecule has 1 heterocycles. The molecule has 1 atom stereocenters. The molecule has 1 saturated heterocycles. The fraction of sp³-hybridized carbons (Fsp3) is 0.500. The number of carbonyl (C=O) groups excluding carboxylic acids is 2. The van der Waals surface area contributed by atoms with Crippen LogP contribution in [0.5, 0.6) is 11.5 Å². The Morgan fingerprint density at radius 3 is 2.64 bits per heavy atom. The number of rotatable bonds is 7. The van der Waals surface area contributed by atoms with Gasteiger partial charge in [0.25, 0.3) is 0 Å². The highest BCUT2D eigenvalue weighted by molar-refractivity contribution is 5.95. The number of carbonyl (C=O) groups is 2. The minimum atomic E-state index is -0.660. The lowest BCUT2D eigenvalue weighted by atomic mass is 10.0. The molecular weight excluding hydrogens is 286 g/mol. The van der Waals surface area contributed by atoms with Crippen molar-refractivity contribution in [2.45, 2.75) is 45.3 Å². The van der Waals surface area contributed by atoms with Gasteiger partial charge >= 0.3 is 12.1 Å². The van der Waals surface area contributed by atoms with Gasteiger partial charge in [0.1, 0.15) is 6.04 Å². The first-order chi connectivity index (χ1) is 10.5. The van der Waals surface area contributed by atoms with Crippen LogP contribution in [0.1, 0.15) is 32.3 Å². The summed E-state index contributed by atoms with van der Waals surface area (Å²) in [5.41, 5.74) is 1.09. The third kappa shape index (κ3) is 4.13. The van der Waals surface area contributed by atoms with Crippen molar-refractivity contribution < 1.29 is 23.8 Å². The molecule has 1 N–H and O–H groups in total. The maximum absolute atomic E-state index is 11.3. The Labute approximate surface area is 129 Å². The van der Waals surface area contributed by atoms with E-state index in [1.807, 2.05) is 32.0 Å². The number of hydrogen-bond acceptors (Lipinski definition) is 5. The maximum atomic E-state index is 11.3. The van der Waals surface area contributed by atoms with Crippen LogP contribution in [-0.2, 0) is 16.0 Å². The normalized spacial score (nSPS) is 17.4. The average molecular weight is 307 g/mol. The summed E-state index contributed by atoms with van der Waals surface area (Å²) >= 11 is 0. The highest BCUT2D eigenvalue weighted by Gasteiger charge is 2.31. The Kier molecular flexibility index (Phi) is 5.25. The molecule has 0 radical (unpaired) electrons. The summed E-state index contributed by atoms with van der Waals surface area (Å²) in [5.74, 6) is 0.913. The van der Waals surface area contributed by atoms with E-state index >= 15 is 0 Å². The van der Waals surface area contributed by atoms with Gasteiger partial charge in [-0.15, -0.1) is 0 Å². The molecule has 6 nitrogen and oxygen atoms in total. The van der Waals surface area contributed by atoms with Gasteiger partial charge in [-0.3, -0.25) is 0 Å². The molecule has 0 aromatic heterocycles. The van der Waals surface area contributed by atoms with E-state index < -0.39 is 18.1 Å². The Hall–Kier alpha value is -2.24. The number of nitrogens with one attached hydrogen (secondary N) is 1. The number of ether oxygens (including phenoxy) is 3. The van der Waals surface area contributed by atoms with E-state index in [0.29, 0.717) is 17.9 Å². The van der Waals surface area contributed by atoms with Crippen molar-refractivity contribution in [2.75, 3.05) is 7.11 Å². The number of hydrogen-bond donors (Lipinski definition) is 1. The topological polar surface area (TPSA) is 73.9 Å². The zero-order valence-corrected chi connectivity index (χ0v) is 13.0. The van der Waals surface area contributed by atoms with Gasteiger partial charge in [0, 0.05) is 0 Å². The van der Waals surface area contributed by atoms with E-state index in [0.717, 1.165) is 18.4 Å². The quantitative estimate of drug-likeness (QED) is 0.618. The highest BCUT2D eigenvalue weighted by Crippen LogP contribution is 2.29. The Morgan fingerprint density at radius 1 is 1.27 bits per heavy atom. The Balaban J connectivity index is 1.90. The van der Waals surface area contributed by atoms with Gasteiger partial charge in [-0.25, -0.2) is 9.59 Å². The minimum absolute atomic E-state index is 0.0803. The van der Waals surface area contributed by atoms with Crippen LogP contribution in [0, 0.1) is 0 Å². The summed E-state index contributed by atoms with van der Waals surface area (Å²) in [6.45, 7) is 3.92. The molecule has 1 aliphatic rings. The van der Waals surface area contributed by atoms with E-state index in [-0.39, 0.29) is 6.10 Å². The zero-order chi connectivity index (χ0) is 16.1. The largest absolute Gasteiger partial charge is 0.493 e. The third-order valence-electron chi connectivity index (χ3n) is 3.32. The fourth-order valence-electron chi connectivity index (χ4n) is 2.31. The van der Waals surface area contributed by atoms with E-state index in [2.05, 4.69) is 10.1 Å². The van der Waals surface area contributed by atoms with Crippen LogP contribution in [0.15, 0.2) is 18.2 Å². The molecule has 1 aromatic carbocycles. The monoisotopic (exact) mass is 307 g/mol. The first-order valence-electron chi connectivity index (χ1n) is 7.35. The lowest BCUT2D eigenvalue weighted by molar-refractivity contribution is -0.135. The molecule has 120 valence electrons. The molecule has 1 fully saturated rings. The van der Waals surface area contributed by atoms with Crippen molar-refractivity contribution in [1.29, 1.82) is 0 Å². The number of alkyl carbamates (subject to hydrolysis) is 1. The van der Waals surface area contributed by atoms with Gasteiger partial charge in [-0.1, -0.05) is 6.07 Å². The lowest BCUT2D eigenvalue weighted by Gasteiger charge is -2.14. The standard InChI is InChI=1S/C16H21NO5/c1-10(2)21-13-8-7-11(9-14(13)20-3)5-4-6-12-15(18)22-16(19)17-12/h7-10,12H,4-6H2,1-3H3,(H,17,19). The van der Waals surface area contributed by atoms with Crippen LogP contribution in [0.25, 0.3) is 0 Å². The van der Waals surface area contributed by atoms with E-state index in [1.165, 1.54) is 0 Å². The number of methoxy groups -OCH3 is 1.